The summed E-state index contributed by atoms with van der Waals surface area (Å²) in [4.78, 5) is 26.9. The molecule has 4 N–H and O–H groups in total. The first-order valence-corrected chi connectivity index (χ1v) is 9.77. The monoisotopic (exact) mass is 362 g/mol. The summed E-state index contributed by atoms with van der Waals surface area (Å²) in [6.07, 6.45) is 0.895. The van der Waals surface area contributed by atoms with E-state index in [2.05, 4.69) is 41.8 Å². The number of carbonyl (C=O) groups is 2. The minimum atomic E-state index is -0.471. The van der Waals surface area contributed by atoms with Crippen molar-refractivity contribution in [3.05, 3.63) is 35.4 Å². The Bertz CT molecular complexity index is 597. The Labute approximate surface area is 156 Å². The number of amides is 2. The maximum Gasteiger partial charge on any atom is 0.275 e. The average molecular weight is 363 g/mol. The SMILES string of the molecule is CCCNC(=O)[C@@H](C)NC(=O)C[NH+]1CC[NH+](Cc2cccc(C)c2)CC1. The lowest BCUT2D eigenvalue weighted by molar-refractivity contribution is -1.02. The van der Waals surface area contributed by atoms with Gasteiger partial charge in [-0.3, -0.25) is 9.59 Å². The third-order valence-electron chi connectivity index (χ3n) is 4.93. The molecule has 0 aliphatic carbocycles. The van der Waals surface area contributed by atoms with Gasteiger partial charge in [0.05, 0.1) is 0 Å². The maximum absolute atomic E-state index is 12.2. The van der Waals surface area contributed by atoms with Crippen molar-refractivity contribution in [3.63, 3.8) is 0 Å². The lowest BCUT2D eigenvalue weighted by atomic mass is 10.1. The van der Waals surface area contributed by atoms with Gasteiger partial charge in [-0.1, -0.05) is 36.8 Å². The molecule has 1 aliphatic rings. The van der Waals surface area contributed by atoms with Gasteiger partial charge in [-0.05, 0) is 20.3 Å². The Morgan fingerprint density at radius 2 is 1.85 bits per heavy atom. The molecule has 1 aliphatic heterocycles. The van der Waals surface area contributed by atoms with Gasteiger partial charge >= 0.3 is 0 Å². The third-order valence-corrected chi connectivity index (χ3v) is 4.93. The molecule has 0 aromatic heterocycles. The minimum Gasteiger partial charge on any atom is -0.354 e. The first-order chi connectivity index (χ1) is 12.5. The lowest BCUT2D eigenvalue weighted by Crippen LogP contribution is -3.28. The number of rotatable bonds is 8. The van der Waals surface area contributed by atoms with E-state index in [1.807, 2.05) is 6.92 Å². The van der Waals surface area contributed by atoms with E-state index in [4.69, 9.17) is 0 Å². The summed E-state index contributed by atoms with van der Waals surface area (Å²) in [7, 11) is 0. The molecular weight excluding hydrogens is 328 g/mol. The van der Waals surface area contributed by atoms with Gasteiger partial charge in [0, 0.05) is 12.1 Å². The number of hydrogen-bond acceptors (Lipinski definition) is 2. The number of piperazine rings is 1. The summed E-state index contributed by atoms with van der Waals surface area (Å²) in [5.41, 5.74) is 2.69. The highest BCUT2D eigenvalue weighted by Gasteiger charge is 2.26. The highest BCUT2D eigenvalue weighted by molar-refractivity contribution is 5.87. The summed E-state index contributed by atoms with van der Waals surface area (Å²) in [6, 6.07) is 8.22. The highest BCUT2D eigenvalue weighted by Crippen LogP contribution is 2.01. The molecule has 0 spiro atoms. The molecule has 0 unspecified atom stereocenters. The van der Waals surface area contributed by atoms with Gasteiger partial charge in [0.25, 0.3) is 5.91 Å². The topological polar surface area (TPSA) is 67.1 Å². The molecule has 26 heavy (non-hydrogen) atoms. The van der Waals surface area contributed by atoms with Crippen LogP contribution >= 0.6 is 0 Å². The number of hydrogen-bond donors (Lipinski definition) is 4. The highest BCUT2D eigenvalue weighted by atomic mass is 16.2. The molecule has 1 aromatic carbocycles. The van der Waals surface area contributed by atoms with Crippen LogP contribution < -0.4 is 20.4 Å². The number of nitrogens with one attached hydrogen (secondary N) is 4. The number of quaternary nitrogens is 2. The third kappa shape index (κ3) is 6.77. The maximum atomic E-state index is 12.2. The number of carbonyl (C=O) groups excluding carboxylic acids is 2. The fourth-order valence-electron chi connectivity index (χ4n) is 3.41. The van der Waals surface area contributed by atoms with Crippen molar-refractivity contribution in [1.29, 1.82) is 0 Å². The van der Waals surface area contributed by atoms with Crippen molar-refractivity contribution in [1.82, 2.24) is 10.6 Å². The molecule has 0 radical (unpaired) electrons. The van der Waals surface area contributed by atoms with Gasteiger partial charge in [0.1, 0.15) is 38.8 Å². The minimum absolute atomic E-state index is 0.0405. The summed E-state index contributed by atoms with van der Waals surface area (Å²) in [5, 5.41) is 5.62. The Morgan fingerprint density at radius 1 is 1.15 bits per heavy atom. The molecule has 2 rings (SSSR count). The Morgan fingerprint density at radius 3 is 2.50 bits per heavy atom. The van der Waals surface area contributed by atoms with Crippen LogP contribution in [0.3, 0.4) is 0 Å². The van der Waals surface area contributed by atoms with Crippen molar-refractivity contribution in [3.8, 4) is 0 Å². The van der Waals surface area contributed by atoms with Crippen LogP contribution in [0.2, 0.25) is 0 Å². The summed E-state index contributed by atoms with van der Waals surface area (Å²) < 4.78 is 0. The molecule has 6 heteroatoms. The van der Waals surface area contributed by atoms with Gasteiger partial charge < -0.3 is 20.4 Å². The second kappa shape index (κ2) is 10.3. The van der Waals surface area contributed by atoms with E-state index in [0.717, 1.165) is 39.1 Å². The fraction of sp³-hybridized carbons (Fsp3) is 0.600. The van der Waals surface area contributed by atoms with Gasteiger partial charge in [0.15, 0.2) is 6.54 Å². The number of aryl methyl sites for hydroxylation is 1. The van der Waals surface area contributed by atoms with Crippen LogP contribution in [0.4, 0.5) is 0 Å². The van der Waals surface area contributed by atoms with Crippen LogP contribution in [0.1, 0.15) is 31.4 Å². The molecule has 1 fully saturated rings. The van der Waals surface area contributed by atoms with Gasteiger partial charge in [-0.15, -0.1) is 0 Å². The Balaban J connectivity index is 1.69. The second-order valence-corrected chi connectivity index (χ2v) is 7.42. The van der Waals surface area contributed by atoms with Crippen LogP contribution in [-0.4, -0.2) is 57.1 Å². The molecular formula is C20H34N4O2+2. The first kappa shape index (κ1) is 20.4. The molecule has 1 atom stereocenters. The van der Waals surface area contributed by atoms with E-state index in [-0.39, 0.29) is 11.8 Å². The van der Waals surface area contributed by atoms with Crippen molar-refractivity contribution in [2.24, 2.45) is 0 Å². The van der Waals surface area contributed by atoms with Crippen LogP contribution in [0.5, 0.6) is 0 Å². The molecule has 1 heterocycles. The van der Waals surface area contributed by atoms with Crippen LogP contribution in [-0.2, 0) is 16.1 Å². The molecule has 144 valence electrons. The van der Waals surface area contributed by atoms with E-state index in [9.17, 15) is 9.59 Å². The van der Waals surface area contributed by atoms with E-state index < -0.39 is 6.04 Å². The largest absolute Gasteiger partial charge is 0.354 e. The zero-order valence-electron chi connectivity index (χ0n) is 16.4. The van der Waals surface area contributed by atoms with E-state index >= 15 is 0 Å². The van der Waals surface area contributed by atoms with Crippen molar-refractivity contribution >= 4 is 11.8 Å². The standard InChI is InChI=1S/C20H32N4O2/c1-4-8-21-20(26)17(3)22-19(25)15-24-11-9-23(10-12-24)14-18-7-5-6-16(2)13-18/h5-7,13,17H,4,8-12,14-15H2,1-3H3,(H,21,26)(H,22,25)/p+2/t17-/m1/s1. The van der Waals surface area contributed by atoms with Crippen LogP contribution in [0, 0.1) is 6.92 Å². The summed E-state index contributed by atoms with van der Waals surface area (Å²) in [6.45, 7) is 12.1. The molecule has 0 bridgehead atoms. The van der Waals surface area contributed by atoms with Gasteiger partial charge in [-0.25, -0.2) is 0 Å². The van der Waals surface area contributed by atoms with Crippen LogP contribution in [0.15, 0.2) is 24.3 Å². The summed E-state index contributed by atoms with van der Waals surface area (Å²) >= 11 is 0. The summed E-state index contributed by atoms with van der Waals surface area (Å²) in [5.74, 6) is -0.149. The van der Waals surface area contributed by atoms with Gasteiger partial charge in [0.2, 0.25) is 5.91 Å². The fourth-order valence-corrected chi connectivity index (χ4v) is 3.41. The molecule has 0 saturated carbocycles. The van der Waals surface area contributed by atoms with Gasteiger partial charge in [-0.2, -0.15) is 0 Å². The quantitative estimate of drug-likeness (QED) is 0.446. The molecule has 1 aromatic rings. The number of benzene rings is 1. The molecule has 1 saturated heterocycles. The normalized spacial score (nSPS) is 21.0. The molecule has 2 amide bonds. The Kier molecular flexibility index (Phi) is 8.06. The van der Waals surface area contributed by atoms with E-state index in [0.29, 0.717) is 13.1 Å². The van der Waals surface area contributed by atoms with Crippen molar-refractivity contribution in [2.75, 3.05) is 39.3 Å². The zero-order chi connectivity index (χ0) is 18.9. The van der Waals surface area contributed by atoms with Crippen molar-refractivity contribution in [2.45, 2.75) is 39.8 Å². The van der Waals surface area contributed by atoms with E-state index in [1.54, 1.807) is 11.8 Å². The smallest absolute Gasteiger partial charge is 0.275 e. The average Bonchev–Trinajstić information content (AvgIpc) is 2.61. The lowest BCUT2D eigenvalue weighted by Gasteiger charge is -2.29. The van der Waals surface area contributed by atoms with E-state index in [1.165, 1.54) is 16.0 Å². The second-order valence-electron chi connectivity index (χ2n) is 7.42. The zero-order valence-corrected chi connectivity index (χ0v) is 16.4. The van der Waals surface area contributed by atoms with Crippen molar-refractivity contribution < 1.29 is 19.4 Å². The van der Waals surface area contributed by atoms with Crippen LogP contribution in [0.25, 0.3) is 0 Å². The molecule has 6 nitrogen and oxygen atoms in total. The Hall–Kier alpha value is -1.92. The predicted molar refractivity (Wildman–Crippen MR) is 102 cm³/mol. The first-order valence-electron chi connectivity index (χ1n) is 9.77. The predicted octanol–water partition coefficient (Wildman–Crippen LogP) is -1.69.